The maximum absolute atomic E-state index is 14.9. The molecule has 5 nitrogen and oxygen atoms in total. The van der Waals surface area contributed by atoms with Gasteiger partial charge in [0.2, 0.25) is 0 Å². The summed E-state index contributed by atoms with van der Waals surface area (Å²) in [4.78, 5) is 16.4. The van der Waals surface area contributed by atoms with Crippen molar-refractivity contribution in [3.8, 4) is 11.5 Å². The van der Waals surface area contributed by atoms with E-state index in [0.717, 1.165) is 51.0 Å². The van der Waals surface area contributed by atoms with E-state index >= 15 is 0 Å². The molecule has 1 amide bonds. The number of aromatic amines is 1. The average Bonchev–Trinajstić information content (AvgIpc) is 3.32. The lowest BCUT2D eigenvalue weighted by Crippen LogP contribution is -2.23. The number of ether oxygens (including phenoxy) is 1. The summed E-state index contributed by atoms with van der Waals surface area (Å²) in [5.41, 5.74) is 4.73. The number of halogens is 2. The lowest BCUT2D eigenvalue weighted by atomic mass is 10.1. The van der Waals surface area contributed by atoms with Crippen LogP contribution in [-0.4, -0.2) is 10.9 Å². The summed E-state index contributed by atoms with van der Waals surface area (Å²) in [6, 6.07) is 23.3. The summed E-state index contributed by atoms with van der Waals surface area (Å²) in [6.07, 6.45) is 1.88. The van der Waals surface area contributed by atoms with E-state index in [4.69, 9.17) is 16.3 Å². The minimum absolute atomic E-state index is 0.234. The van der Waals surface area contributed by atoms with Crippen molar-refractivity contribution in [1.82, 2.24) is 10.3 Å². The number of carbonyl (C=O) groups is 1. The highest BCUT2D eigenvalue weighted by atomic mass is 35.5. The van der Waals surface area contributed by atoms with E-state index in [1.165, 1.54) is 6.07 Å². The fraction of sp³-hybridized carbons (Fsp3) is 0.100. The Morgan fingerprint density at radius 3 is 2.53 bits per heavy atom. The molecule has 5 rings (SSSR count). The zero-order chi connectivity index (χ0) is 26.6. The molecule has 0 unspecified atom stereocenters. The first kappa shape index (κ1) is 25.7. The van der Waals surface area contributed by atoms with Crippen LogP contribution in [0.5, 0.6) is 11.5 Å². The van der Waals surface area contributed by atoms with Crippen molar-refractivity contribution >= 4 is 46.0 Å². The lowest BCUT2D eigenvalue weighted by molar-refractivity contribution is 0.0950. The van der Waals surface area contributed by atoms with E-state index in [1.54, 1.807) is 12.1 Å². The van der Waals surface area contributed by atoms with Gasteiger partial charge in [-0.2, -0.15) is 0 Å². The zero-order valence-electron chi connectivity index (χ0n) is 20.8. The van der Waals surface area contributed by atoms with Crippen LogP contribution in [0, 0.1) is 19.7 Å². The smallest absolute Gasteiger partial charge is 0.251 e. The van der Waals surface area contributed by atoms with Crippen LogP contribution < -0.4 is 14.8 Å². The van der Waals surface area contributed by atoms with Gasteiger partial charge in [0.25, 0.3) is 5.91 Å². The van der Waals surface area contributed by atoms with Crippen LogP contribution in [0.4, 0.5) is 10.1 Å². The summed E-state index contributed by atoms with van der Waals surface area (Å²) in [5.74, 6) is 0.534. The van der Waals surface area contributed by atoms with Crippen molar-refractivity contribution in [2.24, 2.45) is 0 Å². The molecule has 0 aliphatic rings. The van der Waals surface area contributed by atoms with Crippen molar-refractivity contribution in [3.05, 3.63) is 118 Å². The zero-order valence-corrected chi connectivity index (χ0v) is 22.3. The standard InChI is InChI=1S/C30H25ClFN3O2S/c1-18-7-3-5-9-25(18)37-26-10-6-4-8-21(26)17-34-30(36)20-11-14-27(23(32)15-20)38-35-24-13-12-22(31)28-19(2)16-33-29(24)28/h3-16,33,35H,17H2,1-2H3,(H,34,36). The Bertz CT molecular complexity index is 1640. The molecule has 38 heavy (non-hydrogen) atoms. The molecule has 3 N–H and O–H groups in total. The van der Waals surface area contributed by atoms with Crippen molar-refractivity contribution in [2.45, 2.75) is 25.3 Å². The molecule has 0 radical (unpaired) electrons. The molecular formula is C30H25ClFN3O2S. The van der Waals surface area contributed by atoms with Crippen LogP contribution in [0.25, 0.3) is 10.9 Å². The quantitative estimate of drug-likeness (QED) is 0.171. The van der Waals surface area contributed by atoms with Crippen LogP contribution in [0.3, 0.4) is 0 Å². The molecule has 5 aromatic rings. The predicted molar refractivity (Wildman–Crippen MR) is 153 cm³/mol. The second kappa shape index (κ2) is 11.2. The Morgan fingerprint density at radius 1 is 0.974 bits per heavy atom. The maximum atomic E-state index is 14.9. The third-order valence-corrected chi connectivity index (χ3v) is 7.36. The Balaban J connectivity index is 1.24. The van der Waals surface area contributed by atoms with Gasteiger partial charge in [0, 0.05) is 29.3 Å². The van der Waals surface area contributed by atoms with Gasteiger partial charge in [0.15, 0.2) is 0 Å². The Labute approximate surface area is 229 Å². The number of hydrogen-bond acceptors (Lipinski definition) is 4. The highest BCUT2D eigenvalue weighted by Crippen LogP contribution is 2.34. The number of amides is 1. The minimum Gasteiger partial charge on any atom is -0.457 e. The third kappa shape index (κ3) is 5.49. The van der Waals surface area contributed by atoms with Crippen LogP contribution >= 0.6 is 23.5 Å². The fourth-order valence-corrected chi connectivity index (χ4v) is 5.09. The van der Waals surface area contributed by atoms with Crippen molar-refractivity contribution in [1.29, 1.82) is 0 Å². The first-order chi connectivity index (χ1) is 18.4. The second-order valence-electron chi connectivity index (χ2n) is 8.82. The van der Waals surface area contributed by atoms with Gasteiger partial charge in [0.05, 0.1) is 21.1 Å². The molecule has 1 heterocycles. The Hall–Kier alpha value is -3.94. The number of hydrogen-bond donors (Lipinski definition) is 3. The molecule has 0 bridgehead atoms. The predicted octanol–water partition coefficient (Wildman–Crippen LogP) is 8.42. The Morgan fingerprint density at radius 2 is 1.74 bits per heavy atom. The van der Waals surface area contributed by atoms with Gasteiger partial charge >= 0.3 is 0 Å². The molecule has 192 valence electrons. The number of aromatic nitrogens is 1. The van der Waals surface area contributed by atoms with Crippen LogP contribution in [-0.2, 0) is 6.54 Å². The fourth-order valence-electron chi connectivity index (χ4n) is 4.10. The van der Waals surface area contributed by atoms with Gasteiger partial charge in [-0.15, -0.1) is 0 Å². The average molecular weight is 546 g/mol. The first-order valence-corrected chi connectivity index (χ1v) is 13.2. The SMILES string of the molecule is Cc1ccccc1Oc1ccccc1CNC(=O)c1ccc(SNc2ccc(Cl)c3c(C)c[nH]c23)c(F)c1. The van der Waals surface area contributed by atoms with Crippen LogP contribution in [0.1, 0.15) is 27.0 Å². The van der Waals surface area contributed by atoms with Crippen molar-refractivity contribution in [3.63, 3.8) is 0 Å². The highest BCUT2D eigenvalue weighted by molar-refractivity contribution is 8.00. The lowest BCUT2D eigenvalue weighted by Gasteiger charge is -2.14. The van der Waals surface area contributed by atoms with E-state index in [-0.39, 0.29) is 18.0 Å². The van der Waals surface area contributed by atoms with Gasteiger partial charge in [-0.25, -0.2) is 4.39 Å². The molecular weight excluding hydrogens is 521 g/mol. The summed E-state index contributed by atoms with van der Waals surface area (Å²) >= 11 is 7.45. The minimum atomic E-state index is -0.494. The van der Waals surface area contributed by atoms with E-state index in [1.807, 2.05) is 80.7 Å². The molecule has 8 heteroatoms. The maximum Gasteiger partial charge on any atom is 0.251 e. The third-order valence-electron chi connectivity index (χ3n) is 6.17. The van der Waals surface area contributed by atoms with Crippen molar-refractivity contribution < 1.29 is 13.9 Å². The number of aryl methyl sites for hydroxylation is 2. The molecule has 0 aliphatic heterocycles. The number of H-pyrrole nitrogens is 1. The van der Waals surface area contributed by atoms with Gasteiger partial charge in [-0.1, -0.05) is 48.0 Å². The molecule has 0 aliphatic carbocycles. The molecule has 0 fully saturated rings. The largest absolute Gasteiger partial charge is 0.457 e. The van der Waals surface area contributed by atoms with Crippen LogP contribution in [0.15, 0.2) is 90.0 Å². The van der Waals surface area contributed by atoms with Gasteiger partial charge < -0.3 is 19.8 Å². The van der Waals surface area contributed by atoms with E-state index in [2.05, 4.69) is 15.0 Å². The van der Waals surface area contributed by atoms with Crippen molar-refractivity contribution in [2.75, 3.05) is 4.72 Å². The number of rotatable bonds is 8. The summed E-state index contributed by atoms with van der Waals surface area (Å²) in [7, 11) is 0. The van der Waals surface area contributed by atoms with Gasteiger partial charge in [-0.05, 0) is 79.4 Å². The van der Waals surface area contributed by atoms with E-state index in [9.17, 15) is 9.18 Å². The number of anilines is 1. The van der Waals surface area contributed by atoms with Crippen LogP contribution in [0.2, 0.25) is 5.02 Å². The second-order valence-corrected chi connectivity index (χ2v) is 10.1. The number of benzene rings is 4. The summed E-state index contributed by atoms with van der Waals surface area (Å²) < 4.78 is 24.2. The normalized spacial score (nSPS) is 10.9. The first-order valence-electron chi connectivity index (χ1n) is 12.0. The molecule has 0 saturated heterocycles. The van der Waals surface area contributed by atoms with Gasteiger partial charge in [0.1, 0.15) is 17.3 Å². The number of carbonyl (C=O) groups excluding carboxylic acids is 1. The molecule has 0 saturated carbocycles. The van der Waals surface area contributed by atoms with Gasteiger partial charge in [-0.3, -0.25) is 4.79 Å². The Kier molecular flexibility index (Phi) is 7.58. The molecule has 0 atom stereocenters. The molecule has 1 aromatic heterocycles. The van der Waals surface area contributed by atoms with E-state index < -0.39 is 5.82 Å². The monoisotopic (exact) mass is 545 g/mol. The molecule has 0 spiro atoms. The summed E-state index contributed by atoms with van der Waals surface area (Å²) in [6.45, 7) is 4.19. The number of para-hydroxylation sites is 2. The summed E-state index contributed by atoms with van der Waals surface area (Å²) in [5, 5.41) is 4.44. The number of nitrogens with one attached hydrogen (secondary N) is 3. The highest BCUT2D eigenvalue weighted by Gasteiger charge is 2.14. The number of fused-ring (bicyclic) bond motifs is 1. The van der Waals surface area contributed by atoms with E-state index in [0.29, 0.717) is 15.7 Å². The topological polar surface area (TPSA) is 66.2 Å². The molecule has 4 aromatic carbocycles.